The average Bonchev–Trinajstić information content (AvgIpc) is 2.94. The van der Waals surface area contributed by atoms with Crippen molar-refractivity contribution in [3.05, 3.63) is 42.4 Å². The van der Waals surface area contributed by atoms with Gasteiger partial charge in [-0.1, -0.05) is 6.07 Å². The third-order valence-electron chi connectivity index (χ3n) is 3.78. The zero-order valence-corrected chi connectivity index (χ0v) is 12.5. The Morgan fingerprint density at radius 3 is 2.70 bits per heavy atom. The SMILES string of the molecule is O=C(c1ccn(C(F)F)n1)N1CCCN(c2ccccn2)CC1. The Kier molecular flexibility index (Phi) is 4.50. The van der Waals surface area contributed by atoms with Crippen LogP contribution in [0.25, 0.3) is 0 Å². The number of hydrogen-bond donors (Lipinski definition) is 0. The Labute approximate surface area is 132 Å². The van der Waals surface area contributed by atoms with Gasteiger partial charge in [0.1, 0.15) is 5.82 Å². The Morgan fingerprint density at radius 1 is 1.13 bits per heavy atom. The molecule has 0 spiro atoms. The fourth-order valence-corrected chi connectivity index (χ4v) is 2.61. The zero-order chi connectivity index (χ0) is 16.2. The largest absolute Gasteiger partial charge is 0.355 e. The lowest BCUT2D eigenvalue weighted by Crippen LogP contribution is -2.35. The minimum Gasteiger partial charge on any atom is -0.355 e. The third kappa shape index (κ3) is 3.46. The second-order valence-corrected chi connectivity index (χ2v) is 5.28. The van der Waals surface area contributed by atoms with Crippen LogP contribution >= 0.6 is 0 Å². The molecular formula is C15H17F2N5O. The van der Waals surface area contributed by atoms with Gasteiger partial charge < -0.3 is 9.80 Å². The lowest BCUT2D eigenvalue weighted by molar-refractivity contribution is 0.0552. The molecule has 0 aromatic carbocycles. The van der Waals surface area contributed by atoms with E-state index in [4.69, 9.17) is 0 Å². The lowest BCUT2D eigenvalue weighted by Gasteiger charge is -2.22. The van der Waals surface area contributed by atoms with Gasteiger partial charge in [0.2, 0.25) is 0 Å². The van der Waals surface area contributed by atoms with E-state index in [1.165, 1.54) is 6.07 Å². The predicted molar refractivity (Wildman–Crippen MR) is 80.5 cm³/mol. The molecule has 1 fully saturated rings. The maximum Gasteiger partial charge on any atom is 0.333 e. The van der Waals surface area contributed by atoms with E-state index in [9.17, 15) is 13.6 Å². The molecule has 3 rings (SSSR count). The Bertz CT molecular complexity index is 661. The van der Waals surface area contributed by atoms with Crippen LogP contribution in [0, 0.1) is 0 Å². The second-order valence-electron chi connectivity index (χ2n) is 5.28. The van der Waals surface area contributed by atoms with Crippen LogP contribution in [0.15, 0.2) is 36.7 Å². The monoisotopic (exact) mass is 321 g/mol. The van der Waals surface area contributed by atoms with Crippen LogP contribution in [-0.4, -0.2) is 51.8 Å². The lowest BCUT2D eigenvalue weighted by atomic mass is 10.3. The number of pyridine rings is 1. The van der Waals surface area contributed by atoms with Crippen molar-refractivity contribution in [3.63, 3.8) is 0 Å². The highest BCUT2D eigenvalue weighted by molar-refractivity contribution is 5.92. The normalized spacial score (nSPS) is 15.8. The fourth-order valence-electron chi connectivity index (χ4n) is 2.61. The van der Waals surface area contributed by atoms with E-state index < -0.39 is 6.55 Å². The fraction of sp³-hybridized carbons (Fsp3) is 0.400. The number of anilines is 1. The first kappa shape index (κ1) is 15.4. The van der Waals surface area contributed by atoms with Crippen LogP contribution < -0.4 is 4.90 Å². The summed E-state index contributed by atoms with van der Waals surface area (Å²) >= 11 is 0. The summed E-state index contributed by atoms with van der Waals surface area (Å²) in [5, 5.41) is 3.64. The predicted octanol–water partition coefficient (Wildman–Crippen LogP) is 2.03. The maximum absolute atomic E-state index is 12.6. The molecule has 1 aliphatic rings. The first-order chi connectivity index (χ1) is 11.1. The van der Waals surface area contributed by atoms with E-state index in [1.807, 2.05) is 18.2 Å². The van der Waals surface area contributed by atoms with Crippen molar-refractivity contribution in [1.29, 1.82) is 0 Å². The van der Waals surface area contributed by atoms with Gasteiger partial charge in [-0.2, -0.15) is 13.9 Å². The Morgan fingerprint density at radius 2 is 2.00 bits per heavy atom. The van der Waals surface area contributed by atoms with Crippen molar-refractivity contribution in [2.24, 2.45) is 0 Å². The van der Waals surface area contributed by atoms with Gasteiger partial charge in [-0.3, -0.25) is 4.79 Å². The molecule has 0 atom stereocenters. The van der Waals surface area contributed by atoms with Gasteiger partial charge in [-0.15, -0.1) is 0 Å². The highest BCUT2D eigenvalue weighted by atomic mass is 19.3. The van der Waals surface area contributed by atoms with Gasteiger partial charge in [-0.25, -0.2) is 9.67 Å². The molecule has 1 aliphatic heterocycles. The van der Waals surface area contributed by atoms with Crippen LogP contribution in [-0.2, 0) is 0 Å². The quantitative estimate of drug-likeness (QED) is 0.868. The van der Waals surface area contributed by atoms with Crippen molar-refractivity contribution in [3.8, 4) is 0 Å². The van der Waals surface area contributed by atoms with E-state index >= 15 is 0 Å². The van der Waals surface area contributed by atoms with Crippen molar-refractivity contribution >= 4 is 11.7 Å². The molecule has 0 radical (unpaired) electrons. The molecule has 0 unspecified atom stereocenters. The number of alkyl halides is 2. The molecule has 0 bridgehead atoms. The first-order valence-corrected chi connectivity index (χ1v) is 7.44. The number of hydrogen-bond acceptors (Lipinski definition) is 4. The van der Waals surface area contributed by atoms with Crippen LogP contribution in [0.3, 0.4) is 0 Å². The number of amides is 1. The van der Waals surface area contributed by atoms with Crippen molar-refractivity contribution in [2.75, 3.05) is 31.1 Å². The smallest absolute Gasteiger partial charge is 0.333 e. The first-order valence-electron chi connectivity index (χ1n) is 7.44. The molecule has 0 aliphatic carbocycles. The number of halogens is 2. The minimum absolute atomic E-state index is 0.0524. The number of aromatic nitrogens is 3. The van der Waals surface area contributed by atoms with Crippen molar-refractivity contribution < 1.29 is 13.6 Å². The van der Waals surface area contributed by atoms with E-state index in [-0.39, 0.29) is 11.6 Å². The molecular weight excluding hydrogens is 304 g/mol. The van der Waals surface area contributed by atoms with E-state index in [1.54, 1.807) is 11.1 Å². The van der Waals surface area contributed by atoms with Crippen LogP contribution in [0.2, 0.25) is 0 Å². The molecule has 23 heavy (non-hydrogen) atoms. The summed E-state index contributed by atoms with van der Waals surface area (Å²) in [6.45, 7) is -0.203. The highest BCUT2D eigenvalue weighted by Crippen LogP contribution is 2.15. The highest BCUT2D eigenvalue weighted by Gasteiger charge is 2.23. The van der Waals surface area contributed by atoms with Gasteiger partial charge >= 0.3 is 6.55 Å². The summed E-state index contributed by atoms with van der Waals surface area (Å²) in [5.74, 6) is 0.566. The second kappa shape index (κ2) is 6.72. The molecule has 122 valence electrons. The van der Waals surface area contributed by atoms with Crippen molar-refractivity contribution in [1.82, 2.24) is 19.7 Å². The minimum atomic E-state index is -2.74. The summed E-state index contributed by atoms with van der Waals surface area (Å²) in [6, 6.07) is 7.04. The molecule has 2 aromatic rings. The van der Waals surface area contributed by atoms with Gasteiger partial charge in [-0.05, 0) is 24.6 Å². The summed E-state index contributed by atoms with van der Waals surface area (Å²) in [6.07, 6.45) is 3.65. The molecule has 6 nitrogen and oxygen atoms in total. The molecule has 8 heteroatoms. The number of carbonyl (C=O) groups excluding carboxylic acids is 1. The average molecular weight is 321 g/mol. The summed E-state index contributed by atoms with van der Waals surface area (Å²) in [4.78, 5) is 20.5. The number of nitrogens with zero attached hydrogens (tertiary/aromatic N) is 5. The van der Waals surface area contributed by atoms with Gasteiger partial charge in [0.05, 0.1) is 0 Å². The summed E-state index contributed by atoms with van der Waals surface area (Å²) in [7, 11) is 0. The van der Waals surface area contributed by atoms with Crippen LogP contribution in [0.1, 0.15) is 23.5 Å². The van der Waals surface area contributed by atoms with Gasteiger partial charge in [0.25, 0.3) is 5.91 Å². The van der Waals surface area contributed by atoms with Crippen molar-refractivity contribution in [2.45, 2.75) is 13.0 Å². The molecule has 3 heterocycles. The van der Waals surface area contributed by atoms with Crippen LogP contribution in [0.5, 0.6) is 0 Å². The van der Waals surface area contributed by atoms with Gasteiger partial charge in [0, 0.05) is 38.6 Å². The molecule has 1 amide bonds. The summed E-state index contributed by atoms with van der Waals surface area (Å²) in [5.41, 5.74) is 0.0524. The van der Waals surface area contributed by atoms with Crippen LogP contribution in [0.4, 0.5) is 14.6 Å². The van der Waals surface area contributed by atoms with E-state index in [0.29, 0.717) is 24.3 Å². The topological polar surface area (TPSA) is 54.3 Å². The summed E-state index contributed by atoms with van der Waals surface area (Å²) < 4.78 is 25.6. The number of rotatable bonds is 3. The number of carbonyl (C=O) groups is 1. The Hall–Kier alpha value is -2.51. The standard InChI is InChI=1S/C15H17F2N5O/c16-15(17)22-9-5-12(19-22)14(23)21-8-3-7-20(10-11-21)13-4-1-2-6-18-13/h1-2,4-6,9,15H,3,7-8,10-11H2. The zero-order valence-electron chi connectivity index (χ0n) is 12.5. The third-order valence-corrected chi connectivity index (χ3v) is 3.78. The van der Waals surface area contributed by atoms with E-state index in [2.05, 4.69) is 15.0 Å². The molecule has 1 saturated heterocycles. The Balaban J connectivity index is 1.66. The van der Waals surface area contributed by atoms with E-state index in [0.717, 1.165) is 25.0 Å². The molecule has 2 aromatic heterocycles. The van der Waals surface area contributed by atoms with Gasteiger partial charge in [0.15, 0.2) is 5.69 Å². The molecule has 0 saturated carbocycles. The molecule has 0 N–H and O–H groups in total. The maximum atomic E-state index is 12.6.